The Morgan fingerprint density at radius 1 is 0.935 bits per heavy atom. The molecule has 3 heterocycles. The quantitative estimate of drug-likeness (QED) is 0.452. The fourth-order valence-electron chi connectivity index (χ4n) is 4.05. The lowest BCUT2D eigenvalue weighted by Gasteiger charge is -2.29. The molecule has 2 aromatic carbocycles. The summed E-state index contributed by atoms with van der Waals surface area (Å²) in [5, 5.41) is 13.5. The fourth-order valence-corrected chi connectivity index (χ4v) is 4.38. The predicted octanol–water partition coefficient (Wildman–Crippen LogP) is 4.89. The van der Waals surface area contributed by atoms with Crippen molar-refractivity contribution in [1.82, 2.24) is 14.9 Å². The summed E-state index contributed by atoms with van der Waals surface area (Å²) in [5.41, 5.74) is 3.01. The van der Waals surface area contributed by atoms with Gasteiger partial charge in [0.2, 0.25) is 0 Å². The van der Waals surface area contributed by atoms with Gasteiger partial charge >= 0.3 is 0 Å². The fraction of sp³-hybridized carbons (Fsp3) is 0.0833. The van der Waals surface area contributed by atoms with E-state index in [2.05, 4.69) is 10.3 Å². The summed E-state index contributed by atoms with van der Waals surface area (Å²) >= 11 is 5.67. The number of nitrogens with one attached hydrogen (secondary N) is 1. The van der Waals surface area contributed by atoms with E-state index in [1.54, 1.807) is 36.5 Å². The number of rotatable bonds is 4. The lowest BCUT2D eigenvalue weighted by Crippen LogP contribution is -2.31. The van der Waals surface area contributed by atoms with Crippen molar-refractivity contribution < 1.29 is 9.50 Å². The van der Waals surface area contributed by atoms with Crippen molar-refractivity contribution in [3.05, 3.63) is 108 Å². The molecule has 0 bridgehead atoms. The maximum Gasteiger partial charge on any atom is 0.174 e. The normalized spacial score (nSPS) is 18.2. The summed E-state index contributed by atoms with van der Waals surface area (Å²) in [7, 11) is 0. The van der Waals surface area contributed by atoms with Crippen molar-refractivity contribution in [2.75, 3.05) is 4.90 Å². The van der Waals surface area contributed by atoms with E-state index >= 15 is 0 Å². The zero-order valence-electron chi connectivity index (χ0n) is 16.4. The molecule has 1 saturated heterocycles. The van der Waals surface area contributed by atoms with Crippen LogP contribution >= 0.6 is 12.2 Å². The molecule has 1 aliphatic rings. The molecule has 0 spiro atoms. The third-order valence-corrected chi connectivity index (χ3v) is 5.74. The van der Waals surface area contributed by atoms with Gasteiger partial charge in [0.15, 0.2) is 5.11 Å². The van der Waals surface area contributed by atoms with Crippen LogP contribution in [0.5, 0.6) is 5.75 Å². The molecule has 4 aromatic rings. The van der Waals surface area contributed by atoms with Crippen LogP contribution in [0.4, 0.5) is 10.1 Å². The molecule has 0 aliphatic carbocycles. The maximum atomic E-state index is 14.8. The number of anilines is 1. The average molecular weight is 431 g/mol. The Morgan fingerprint density at radius 3 is 2.45 bits per heavy atom. The van der Waals surface area contributed by atoms with E-state index in [-0.39, 0.29) is 23.7 Å². The number of phenols is 1. The summed E-state index contributed by atoms with van der Waals surface area (Å²) in [6.07, 6.45) is 3.68. The van der Waals surface area contributed by atoms with Gasteiger partial charge in [-0.25, -0.2) is 4.39 Å². The Morgan fingerprint density at radius 2 is 1.71 bits per heavy atom. The van der Waals surface area contributed by atoms with Gasteiger partial charge in [-0.3, -0.25) is 4.98 Å². The van der Waals surface area contributed by atoms with Crippen LogP contribution < -0.4 is 10.2 Å². The molecule has 5 rings (SSSR count). The van der Waals surface area contributed by atoms with Crippen molar-refractivity contribution >= 4 is 23.0 Å². The third kappa shape index (κ3) is 3.43. The predicted molar refractivity (Wildman–Crippen MR) is 122 cm³/mol. The molecule has 0 saturated carbocycles. The van der Waals surface area contributed by atoms with Crippen LogP contribution in [-0.4, -0.2) is 19.8 Å². The number of hydrogen-bond donors (Lipinski definition) is 2. The van der Waals surface area contributed by atoms with Gasteiger partial charge in [-0.15, -0.1) is 0 Å². The van der Waals surface area contributed by atoms with Crippen LogP contribution in [-0.2, 0) is 0 Å². The van der Waals surface area contributed by atoms with Gasteiger partial charge in [0.05, 0.1) is 17.4 Å². The molecule has 0 unspecified atom stereocenters. The molecule has 2 N–H and O–H groups in total. The van der Waals surface area contributed by atoms with E-state index in [1.807, 2.05) is 58.1 Å². The van der Waals surface area contributed by atoms with Gasteiger partial charge in [0, 0.05) is 23.8 Å². The Hall–Kier alpha value is -3.71. The standard InChI is InChI=1S/C24H19FN4OS/c25-18-6-1-2-8-20(18)29-23(22(27-24(29)31)19-7-3-4-14-26-19)21-9-5-15-28(21)16-10-12-17(30)13-11-16/h1-15,22-23,30H,(H,27,31)/t22-,23-/m0/s1. The van der Waals surface area contributed by atoms with Gasteiger partial charge in [-0.1, -0.05) is 18.2 Å². The van der Waals surface area contributed by atoms with E-state index in [0.29, 0.717) is 10.8 Å². The van der Waals surface area contributed by atoms with Crippen LogP contribution in [0.15, 0.2) is 91.3 Å². The summed E-state index contributed by atoms with van der Waals surface area (Å²) in [6, 6.07) is 22.6. The molecule has 2 aromatic heterocycles. The molecule has 2 atom stereocenters. The molecule has 1 aliphatic heterocycles. The van der Waals surface area contributed by atoms with Gasteiger partial charge in [-0.2, -0.15) is 0 Å². The van der Waals surface area contributed by atoms with Crippen LogP contribution in [0.25, 0.3) is 5.69 Å². The number of nitrogens with zero attached hydrogens (tertiary/aromatic N) is 3. The van der Waals surface area contributed by atoms with Gasteiger partial charge < -0.3 is 19.9 Å². The molecule has 0 amide bonds. The number of para-hydroxylation sites is 1. The molecular weight excluding hydrogens is 411 g/mol. The molecule has 154 valence electrons. The summed E-state index contributed by atoms with van der Waals surface area (Å²) in [4.78, 5) is 6.35. The van der Waals surface area contributed by atoms with Crippen LogP contribution in [0.1, 0.15) is 23.5 Å². The number of phenolic OH excluding ortho intramolecular Hbond substituents is 1. The highest BCUT2D eigenvalue weighted by molar-refractivity contribution is 7.80. The smallest absolute Gasteiger partial charge is 0.174 e. The van der Waals surface area contributed by atoms with E-state index in [0.717, 1.165) is 17.1 Å². The van der Waals surface area contributed by atoms with Gasteiger partial charge in [-0.05, 0) is 72.9 Å². The Labute approximate surface area is 184 Å². The molecular formula is C24H19FN4OS. The van der Waals surface area contributed by atoms with Crippen LogP contribution in [0, 0.1) is 5.82 Å². The SMILES string of the molecule is Oc1ccc(-n2cccc2[C@H]2[C@H](c3ccccn3)NC(=S)N2c2ccccc2F)cc1. The lowest BCUT2D eigenvalue weighted by atomic mass is 10.0. The van der Waals surface area contributed by atoms with Crippen molar-refractivity contribution in [3.8, 4) is 11.4 Å². The second kappa shape index (κ2) is 7.85. The van der Waals surface area contributed by atoms with Crippen LogP contribution in [0.2, 0.25) is 0 Å². The minimum absolute atomic E-state index is 0.195. The second-order valence-corrected chi connectivity index (χ2v) is 7.65. The van der Waals surface area contributed by atoms with Crippen molar-refractivity contribution in [1.29, 1.82) is 0 Å². The van der Waals surface area contributed by atoms with E-state index in [9.17, 15) is 9.50 Å². The number of benzene rings is 2. The van der Waals surface area contributed by atoms with Gasteiger partial charge in [0.1, 0.15) is 17.6 Å². The molecule has 5 nitrogen and oxygen atoms in total. The van der Waals surface area contributed by atoms with E-state index in [4.69, 9.17) is 12.2 Å². The first-order valence-corrected chi connectivity index (χ1v) is 10.3. The first kappa shape index (κ1) is 19.3. The Kier molecular flexibility index (Phi) is 4.88. The number of pyridine rings is 1. The Bertz CT molecular complexity index is 1230. The number of hydrogen-bond acceptors (Lipinski definition) is 3. The number of thiocarbonyl (C=S) groups is 1. The minimum Gasteiger partial charge on any atom is -0.508 e. The first-order chi connectivity index (χ1) is 15.1. The lowest BCUT2D eigenvalue weighted by molar-refractivity contribution is 0.475. The van der Waals surface area contributed by atoms with E-state index in [1.165, 1.54) is 6.07 Å². The highest BCUT2D eigenvalue weighted by Crippen LogP contribution is 2.42. The number of aromatic nitrogens is 2. The zero-order chi connectivity index (χ0) is 21.4. The highest BCUT2D eigenvalue weighted by atomic mass is 32.1. The Balaban J connectivity index is 1.68. The summed E-state index contributed by atoms with van der Waals surface area (Å²) in [6.45, 7) is 0. The maximum absolute atomic E-state index is 14.8. The topological polar surface area (TPSA) is 53.3 Å². The molecule has 1 fully saturated rings. The monoisotopic (exact) mass is 430 g/mol. The van der Waals surface area contributed by atoms with Gasteiger partial charge in [0.25, 0.3) is 0 Å². The van der Waals surface area contributed by atoms with E-state index < -0.39 is 0 Å². The average Bonchev–Trinajstić information content (AvgIpc) is 3.40. The second-order valence-electron chi connectivity index (χ2n) is 7.27. The molecule has 7 heteroatoms. The van der Waals surface area contributed by atoms with Crippen molar-refractivity contribution in [3.63, 3.8) is 0 Å². The molecule has 31 heavy (non-hydrogen) atoms. The van der Waals surface area contributed by atoms with Crippen molar-refractivity contribution in [2.24, 2.45) is 0 Å². The summed E-state index contributed by atoms with van der Waals surface area (Å²) in [5.74, 6) is -0.151. The zero-order valence-corrected chi connectivity index (χ0v) is 17.2. The number of halogens is 1. The first-order valence-electron chi connectivity index (χ1n) is 9.85. The third-order valence-electron chi connectivity index (χ3n) is 5.42. The minimum atomic E-state index is -0.346. The highest BCUT2D eigenvalue weighted by Gasteiger charge is 2.42. The largest absolute Gasteiger partial charge is 0.508 e. The summed E-state index contributed by atoms with van der Waals surface area (Å²) < 4.78 is 16.9. The van der Waals surface area contributed by atoms with Crippen LogP contribution in [0.3, 0.4) is 0 Å². The van der Waals surface area contributed by atoms with Crippen molar-refractivity contribution in [2.45, 2.75) is 12.1 Å². The molecule has 0 radical (unpaired) electrons. The number of aromatic hydroxyl groups is 1.